The summed E-state index contributed by atoms with van der Waals surface area (Å²) in [5, 5.41) is 6.59. The number of nitrogens with one attached hydrogen (secondary N) is 1. The summed E-state index contributed by atoms with van der Waals surface area (Å²) in [4.78, 5) is 0. The molecule has 1 rings (SSSR count). The van der Waals surface area contributed by atoms with Crippen LogP contribution in [0.3, 0.4) is 0 Å². The molecule has 92 valence electrons. The zero-order valence-corrected chi connectivity index (χ0v) is 9.08. The van der Waals surface area contributed by atoms with Crippen LogP contribution in [0, 0.1) is 0 Å². The minimum absolute atomic E-state index is 0.0639. The van der Waals surface area contributed by atoms with E-state index >= 15 is 0 Å². The number of ether oxygens (including phenoxy) is 1. The lowest BCUT2D eigenvalue weighted by Crippen LogP contribution is -2.34. The standard InChI is InChI=1S/C9H14F3N3O/c1-13-8(6-16-2)5-15-4-7(3-14-15)9(10,11)12/h3-4,8,13H,5-6H2,1-2H3. The van der Waals surface area contributed by atoms with Gasteiger partial charge in [0.15, 0.2) is 0 Å². The lowest BCUT2D eigenvalue weighted by atomic mass is 10.3. The van der Waals surface area contributed by atoms with Gasteiger partial charge in [0.2, 0.25) is 0 Å². The molecule has 0 spiro atoms. The highest BCUT2D eigenvalue weighted by molar-refractivity contribution is 5.08. The minimum atomic E-state index is -4.34. The largest absolute Gasteiger partial charge is 0.419 e. The lowest BCUT2D eigenvalue weighted by molar-refractivity contribution is -0.137. The molecule has 1 unspecified atom stereocenters. The van der Waals surface area contributed by atoms with Crippen LogP contribution in [0.4, 0.5) is 13.2 Å². The van der Waals surface area contributed by atoms with Gasteiger partial charge in [-0.2, -0.15) is 18.3 Å². The summed E-state index contributed by atoms with van der Waals surface area (Å²) in [6, 6.07) is -0.0639. The highest BCUT2D eigenvalue weighted by Crippen LogP contribution is 2.28. The number of nitrogens with zero attached hydrogens (tertiary/aromatic N) is 2. The van der Waals surface area contributed by atoms with Crippen LogP contribution >= 0.6 is 0 Å². The Balaban J connectivity index is 2.64. The van der Waals surface area contributed by atoms with Crippen molar-refractivity contribution in [2.24, 2.45) is 0 Å². The molecule has 0 saturated heterocycles. The number of likely N-dealkylation sites (N-methyl/N-ethyl adjacent to an activating group) is 1. The Hall–Kier alpha value is -1.08. The second-order valence-electron chi connectivity index (χ2n) is 3.39. The van der Waals surface area contributed by atoms with Gasteiger partial charge in [0.1, 0.15) is 0 Å². The number of halogens is 3. The smallest absolute Gasteiger partial charge is 0.383 e. The second-order valence-corrected chi connectivity index (χ2v) is 3.39. The van der Waals surface area contributed by atoms with Crippen molar-refractivity contribution in [3.63, 3.8) is 0 Å². The minimum Gasteiger partial charge on any atom is -0.383 e. The normalized spacial score (nSPS) is 14.1. The lowest BCUT2D eigenvalue weighted by Gasteiger charge is -2.14. The van der Waals surface area contributed by atoms with Crippen LogP contribution in [0.25, 0.3) is 0 Å². The summed E-state index contributed by atoms with van der Waals surface area (Å²) in [6.45, 7) is 0.748. The topological polar surface area (TPSA) is 39.1 Å². The Morgan fingerprint density at radius 1 is 1.56 bits per heavy atom. The van der Waals surface area contributed by atoms with E-state index in [4.69, 9.17) is 4.74 Å². The van der Waals surface area contributed by atoms with Crippen molar-refractivity contribution < 1.29 is 17.9 Å². The summed E-state index contributed by atoms with van der Waals surface area (Å²) in [7, 11) is 3.26. The van der Waals surface area contributed by atoms with E-state index in [1.807, 2.05) is 0 Å². The van der Waals surface area contributed by atoms with Gasteiger partial charge in [-0.15, -0.1) is 0 Å². The molecular formula is C9H14F3N3O. The van der Waals surface area contributed by atoms with Crippen molar-refractivity contribution in [1.82, 2.24) is 15.1 Å². The van der Waals surface area contributed by atoms with E-state index in [0.717, 1.165) is 12.4 Å². The Morgan fingerprint density at radius 3 is 2.69 bits per heavy atom. The van der Waals surface area contributed by atoms with Gasteiger partial charge >= 0.3 is 6.18 Å². The van der Waals surface area contributed by atoms with Crippen molar-refractivity contribution in [1.29, 1.82) is 0 Å². The molecule has 0 aromatic carbocycles. The van der Waals surface area contributed by atoms with Crippen LogP contribution < -0.4 is 5.32 Å². The van der Waals surface area contributed by atoms with Gasteiger partial charge in [-0.05, 0) is 7.05 Å². The molecule has 0 amide bonds. The third kappa shape index (κ3) is 3.49. The summed E-state index contributed by atoms with van der Waals surface area (Å²) in [6.07, 6.45) is -2.53. The molecule has 7 heteroatoms. The van der Waals surface area contributed by atoms with Gasteiger partial charge < -0.3 is 10.1 Å². The van der Waals surface area contributed by atoms with E-state index in [9.17, 15) is 13.2 Å². The fourth-order valence-electron chi connectivity index (χ4n) is 1.26. The number of hydrogen-bond acceptors (Lipinski definition) is 3. The Labute approximate surface area is 91.4 Å². The highest BCUT2D eigenvalue weighted by Gasteiger charge is 2.32. The number of rotatable bonds is 5. The molecule has 1 N–H and O–H groups in total. The SMILES string of the molecule is CNC(COC)Cn1cc(C(F)(F)F)cn1. The van der Waals surface area contributed by atoms with Crippen LogP contribution in [-0.2, 0) is 17.5 Å². The van der Waals surface area contributed by atoms with Crippen LogP contribution in [0.2, 0.25) is 0 Å². The van der Waals surface area contributed by atoms with Crippen molar-refractivity contribution in [3.8, 4) is 0 Å². The summed E-state index contributed by atoms with van der Waals surface area (Å²) >= 11 is 0. The molecule has 1 aromatic heterocycles. The number of hydrogen-bond donors (Lipinski definition) is 1. The molecule has 0 aliphatic heterocycles. The predicted molar refractivity (Wildman–Crippen MR) is 52.0 cm³/mol. The Morgan fingerprint density at radius 2 is 2.25 bits per heavy atom. The maximum Gasteiger partial charge on any atom is 0.419 e. The zero-order chi connectivity index (χ0) is 12.2. The van der Waals surface area contributed by atoms with Gasteiger partial charge in [-0.3, -0.25) is 4.68 Å². The molecule has 0 bridgehead atoms. The van der Waals surface area contributed by atoms with E-state index in [1.165, 1.54) is 11.8 Å². The fraction of sp³-hybridized carbons (Fsp3) is 0.667. The molecule has 0 radical (unpaired) electrons. The predicted octanol–water partition coefficient (Wildman–Crippen LogP) is 1.14. The highest BCUT2D eigenvalue weighted by atomic mass is 19.4. The van der Waals surface area contributed by atoms with Crippen LogP contribution in [0.5, 0.6) is 0 Å². The van der Waals surface area contributed by atoms with Gasteiger partial charge in [0, 0.05) is 19.3 Å². The number of methoxy groups -OCH3 is 1. The van der Waals surface area contributed by atoms with Crippen molar-refractivity contribution in [2.75, 3.05) is 20.8 Å². The molecular weight excluding hydrogens is 223 g/mol. The Bertz CT molecular complexity index is 324. The first-order valence-electron chi connectivity index (χ1n) is 4.73. The average molecular weight is 237 g/mol. The molecule has 1 heterocycles. The van der Waals surface area contributed by atoms with Crippen molar-refractivity contribution in [3.05, 3.63) is 18.0 Å². The van der Waals surface area contributed by atoms with Crippen LogP contribution in [0.15, 0.2) is 12.4 Å². The first-order chi connectivity index (χ1) is 7.47. The molecule has 1 aromatic rings. The second kappa shape index (κ2) is 5.31. The van der Waals surface area contributed by atoms with E-state index < -0.39 is 11.7 Å². The molecule has 0 fully saturated rings. The van der Waals surface area contributed by atoms with E-state index in [1.54, 1.807) is 7.05 Å². The summed E-state index contributed by atoms with van der Waals surface area (Å²) < 4.78 is 43.0. The van der Waals surface area contributed by atoms with Gasteiger partial charge in [-0.25, -0.2) is 0 Å². The molecule has 0 aliphatic rings. The van der Waals surface area contributed by atoms with E-state index in [2.05, 4.69) is 10.4 Å². The van der Waals surface area contributed by atoms with E-state index in [-0.39, 0.29) is 6.04 Å². The first kappa shape index (κ1) is 13.0. The first-order valence-corrected chi connectivity index (χ1v) is 4.73. The third-order valence-corrected chi connectivity index (χ3v) is 2.14. The molecule has 0 saturated carbocycles. The molecule has 1 atom stereocenters. The molecule has 0 aliphatic carbocycles. The average Bonchev–Trinajstić information content (AvgIpc) is 2.65. The van der Waals surface area contributed by atoms with Crippen molar-refractivity contribution in [2.45, 2.75) is 18.8 Å². The van der Waals surface area contributed by atoms with Crippen LogP contribution in [0.1, 0.15) is 5.56 Å². The van der Waals surface area contributed by atoms with E-state index in [0.29, 0.717) is 13.2 Å². The number of alkyl halides is 3. The van der Waals surface area contributed by atoms with Gasteiger partial charge in [0.05, 0.1) is 24.9 Å². The fourth-order valence-corrected chi connectivity index (χ4v) is 1.26. The van der Waals surface area contributed by atoms with Crippen LogP contribution in [-0.4, -0.2) is 36.6 Å². The summed E-state index contributed by atoms with van der Waals surface area (Å²) in [5.74, 6) is 0. The molecule has 16 heavy (non-hydrogen) atoms. The quantitative estimate of drug-likeness (QED) is 0.834. The zero-order valence-electron chi connectivity index (χ0n) is 9.08. The summed E-state index contributed by atoms with van der Waals surface area (Å²) in [5.41, 5.74) is -0.736. The van der Waals surface area contributed by atoms with Gasteiger partial charge in [-0.1, -0.05) is 0 Å². The molecule has 4 nitrogen and oxygen atoms in total. The monoisotopic (exact) mass is 237 g/mol. The van der Waals surface area contributed by atoms with Gasteiger partial charge in [0.25, 0.3) is 0 Å². The van der Waals surface area contributed by atoms with Crippen molar-refractivity contribution >= 4 is 0 Å². The maximum atomic E-state index is 12.3. The number of aromatic nitrogens is 2. The third-order valence-electron chi connectivity index (χ3n) is 2.14. The Kier molecular flexibility index (Phi) is 4.31. The maximum absolute atomic E-state index is 12.3.